The highest BCUT2D eigenvalue weighted by Crippen LogP contribution is 2.30. The third-order valence-electron chi connectivity index (χ3n) is 3.66. The molecule has 21 heavy (non-hydrogen) atoms. The zero-order valence-corrected chi connectivity index (χ0v) is 13.4. The van der Waals surface area contributed by atoms with Gasteiger partial charge in [0.25, 0.3) is 5.91 Å². The van der Waals surface area contributed by atoms with Gasteiger partial charge in [0.1, 0.15) is 10.7 Å². The molecule has 118 valence electrons. The quantitative estimate of drug-likeness (QED) is 0.680. The van der Waals surface area contributed by atoms with Gasteiger partial charge in [-0.3, -0.25) is 4.79 Å². The van der Waals surface area contributed by atoms with E-state index in [1.807, 2.05) is 7.05 Å². The van der Waals surface area contributed by atoms with E-state index in [1.54, 1.807) is 0 Å². The van der Waals surface area contributed by atoms with Crippen molar-refractivity contribution >= 4 is 28.2 Å². The van der Waals surface area contributed by atoms with Crippen LogP contribution < -0.4 is 21.7 Å². The third kappa shape index (κ3) is 4.05. The van der Waals surface area contributed by atoms with E-state index in [-0.39, 0.29) is 11.9 Å². The summed E-state index contributed by atoms with van der Waals surface area (Å²) in [6.07, 6.45) is 0.949. The Bertz CT molecular complexity index is 491. The number of carbonyl (C=O) groups excluding carboxylic acids is 1. The normalized spacial score (nSPS) is 18.5. The lowest BCUT2D eigenvalue weighted by Crippen LogP contribution is -2.32. The van der Waals surface area contributed by atoms with Crippen LogP contribution in [-0.4, -0.2) is 61.6 Å². The SMILES string of the molecule is CCN(C)CCNC(=O)c1sc(N2CCC(N)C2)nc1N. The number of aromatic nitrogens is 1. The Morgan fingerprint density at radius 1 is 1.62 bits per heavy atom. The predicted molar refractivity (Wildman–Crippen MR) is 86.8 cm³/mol. The zero-order valence-electron chi connectivity index (χ0n) is 12.6. The number of hydrogen-bond donors (Lipinski definition) is 3. The maximum Gasteiger partial charge on any atom is 0.265 e. The number of carbonyl (C=O) groups is 1. The van der Waals surface area contributed by atoms with Gasteiger partial charge in [-0.1, -0.05) is 18.3 Å². The lowest BCUT2D eigenvalue weighted by molar-refractivity contribution is 0.0955. The van der Waals surface area contributed by atoms with E-state index in [4.69, 9.17) is 11.5 Å². The monoisotopic (exact) mass is 312 g/mol. The Balaban J connectivity index is 1.93. The lowest BCUT2D eigenvalue weighted by atomic mass is 10.3. The largest absolute Gasteiger partial charge is 0.382 e. The molecule has 0 aromatic carbocycles. The van der Waals surface area contributed by atoms with E-state index in [0.29, 0.717) is 17.2 Å². The maximum atomic E-state index is 12.1. The van der Waals surface area contributed by atoms with Crippen molar-refractivity contribution in [1.82, 2.24) is 15.2 Å². The van der Waals surface area contributed by atoms with Gasteiger partial charge in [-0.2, -0.15) is 0 Å². The number of nitrogens with zero attached hydrogens (tertiary/aromatic N) is 3. The second-order valence-corrected chi connectivity index (χ2v) is 6.33. The topological polar surface area (TPSA) is 101 Å². The summed E-state index contributed by atoms with van der Waals surface area (Å²) >= 11 is 1.34. The predicted octanol–water partition coefficient (Wildman–Crippen LogP) is -0.0558. The smallest absolute Gasteiger partial charge is 0.265 e. The molecule has 1 aromatic rings. The summed E-state index contributed by atoms with van der Waals surface area (Å²) in [5.74, 6) is 0.154. The summed E-state index contributed by atoms with van der Waals surface area (Å²) in [7, 11) is 2.02. The first-order valence-electron chi connectivity index (χ1n) is 7.24. The zero-order chi connectivity index (χ0) is 15.4. The van der Waals surface area contributed by atoms with Crippen LogP contribution in [0.1, 0.15) is 23.0 Å². The molecule has 1 fully saturated rings. The number of nitrogens with one attached hydrogen (secondary N) is 1. The van der Waals surface area contributed by atoms with Crippen LogP contribution >= 0.6 is 11.3 Å². The van der Waals surface area contributed by atoms with E-state index < -0.39 is 0 Å². The van der Waals surface area contributed by atoms with Crippen LogP contribution in [0.25, 0.3) is 0 Å². The van der Waals surface area contributed by atoms with E-state index >= 15 is 0 Å². The van der Waals surface area contributed by atoms with Crippen molar-refractivity contribution in [2.45, 2.75) is 19.4 Å². The van der Waals surface area contributed by atoms with Crippen molar-refractivity contribution in [3.63, 3.8) is 0 Å². The molecule has 8 heteroatoms. The van der Waals surface area contributed by atoms with Crippen molar-refractivity contribution in [3.05, 3.63) is 4.88 Å². The summed E-state index contributed by atoms with van der Waals surface area (Å²) in [5.41, 5.74) is 11.8. The van der Waals surface area contributed by atoms with E-state index in [9.17, 15) is 4.79 Å². The van der Waals surface area contributed by atoms with E-state index in [0.717, 1.165) is 37.7 Å². The van der Waals surface area contributed by atoms with Crippen LogP contribution in [0.2, 0.25) is 0 Å². The van der Waals surface area contributed by atoms with Gasteiger partial charge in [-0.05, 0) is 20.0 Å². The molecule has 1 saturated heterocycles. The molecule has 1 aliphatic rings. The van der Waals surface area contributed by atoms with Gasteiger partial charge in [-0.15, -0.1) is 0 Å². The van der Waals surface area contributed by atoms with Crippen molar-refractivity contribution in [3.8, 4) is 0 Å². The standard InChI is InChI=1S/C13H24N6OS/c1-3-18(2)7-5-16-12(20)10-11(15)17-13(21-10)19-6-4-9(14)8-19/h9H,3-8,14-15H2,1-2H3,(H,16,20). The minimum atomic E-state index is -0.149. The number of anilines is 2. The fourth-order valence-electron chi connectivity index (χ4n) is 2.18. The number of thiazole rings is 1. The molecule has 0 aliphatic carbocycles. The second-order valence-electron chi connectivity index (χ2n) is 5.36. The molecule has 0 radical (unpaired) electrons. The highest BCUT2D eigenvalue weighted by molar-refractivity contribution is 7.18. The number of likely N-dealkylation sites (N-methyl/N-ethyl adjacent to an activating group) is 1. The van der Waals surface area contributed by atoms with Gasteiger partial charge in [0.2, 0.25) is 0 Å². The highest BCUT2D eigenvalue weighted by Gasteiger charge is 2.24. The van der Waals surface area contributed by atoms with Crippen LogP contribution in [0, 0.1) is 0 Å². The highest BCUT2D eigenvalue weighted by atomic mass is 32.1. The Hall–Kier alpha value is -1.38. The summed E-state index contributed by atoms with van der Waals surface area (Å²) in [5, 5.41) is 3.67. The minimum absolute atomic E-state index is 0.149. The molecule has 0 spiro atoms. The number of hydrogen-bond acceptors (Lipinski definition) is 7. The van der Waals surface area contributed by atoms with Gasteiger partial charge in [0.15, 0.2) is 5.13 Å². The molecule has 7 nitrogen and oxygen atoms in total. The number of amides is 1. The van der Waals surface area contributed by atoms with Crippen LogP contribution in [0.5, 0.6) is 0 Å². The number of nitrogens with two attached hydrogens (primary N) is 2. The molecule has 2 heterocycles. The fraction of sp³-hybridized carbons (Fsp3) is 0.692. The Labute approximate surface area is 129 Å². The first kappa shape index (κ1) is 16.0. The molecule has 0 saturated carbocycles. The first-order chi connectivity index (χ1) is 10.0. The Kier molecular flexibility index (Phi) is 5.38. The van der Waals surface area contributed by atoms with Crippen LogP contribution in [0.3, 0.4) is 0 Å². The summed E-state index contributed by atoms with van der Waals surface area (Å²) in [6, 6.07) is 0.178. The van der Waals surface area contributed by atoms with Crippen molar-refractivity contribution < 1.29 is 4.79 Å². The number of nitrogen functional groups attached to an aromatic ring is 1. The van der Waals surface area contributed by atoms with Crippen LogP contribution in [-0.2, 0) is 0 Å². The molecule has 1 unspecified atom stereocenters. The third-order valence-corrected chi connectivity index (χ3v) is 4.79. The van der Waals surface area contributed by atoms with Crippen LogP contribution in [0.4, 0.5) is 10.9 Å². The van der Waals surface area contributed by atoms with Gasteiger partial charge in [0.05, 0.1) is 0 Å². The van der Waals surface area contributed by atoms with Crippen LogP contribution in [0.15, 0.2) is 0 Å². The molecule has 1 amide bonds. The van der Waals surface area contributed by atoms with Crippen molar-refractivity contribution in [2.24, 2.45) is 5.73 Å². The Morgan fingerprint density at radius 3 is 3.00 bits per heavy atom. The molecular formula is C13H24N6OS. The summed E-state index contributed by atoms with van der Waals surface area (Å²) < 4.78 is 0. The summed E-state index contributed by atoms with van der Waals surface area (Å²) in [4.78, 5) is 21.2. The average Bonchev–Trinajstić information content (AvgIpc) is 3.04. The van der Waals surface area contributed by atoms with E-state index in [1.165, 1.54) is 11.3 Å². The van der Waals surface area contributed by atoms with Crippen molar-refractivity contribution in [2.75, 3.05) is 50.4 Å². The number of rotatable bonds is 6. The maximum absolute atomic E-state index is 12.1. The molecular weight excluding hydrogens is 288 g/mol. The summed E-state index contributed by atoms with van der Waals surface area (Å²) in [6.45, 7) is 6.10. The molecule has 1 atom stereocenters. The molecule has 1 aliphatic heterocycles. The van der Waals surface area contributed by atoms with Crippen molar-refractivity contribution in [1.29, 1.82) is 0 Å². The van der Waals surface area contributed by atoms with Gasteiger partial charge < -0.3 is 26.6 Å². The lowest BCUT2D eigenvalue weighted by Gasteiger charge is -2.13. The van der Waals surface area contributed by atoms with Gasteiger partial charge in [0, 0.05) is 32.2 Å². The average molecular weight is 312 g/mol. The molecule has 5 N–H and O–H groups in total. The van der Waals surface area contributed by atoms with Gasteiger partial charge in [-0.25, -0.2) is 4.98 Å². The molecule has 1 aromatic heterocycles. The minimum Gasteiger partial charge on any atom is -0.382 e. The second kappa shape index (κ2) is 7.06. The fourth-order valence-corrected chi connectivity index (χ4v) is 3.11. The Morgan fingerprint density at radius 2 is 2.38 bits per heavy atom. The first-order valence-corrected chi connectivity index (χ1v) is 8.06. The molecule has 0 bridgehead atoms. The molecule has 2 rings (SSSR count). The van der Waals surface area contributed by atoms with Gasteiger partial charge >= 0.3 is 0 Å². The van der Waals surface area contributed by atoms with E-state index in [2.05, 4.69) is 27.0 Å².